The number of thiophene rings is 1. The van der Waals surface area contributed by atoms with Crippen LogP contribution in [0.15, 0.2) is 12.3 Å². The fraction of sp³-hybridized carbons (Fsp3) is 0.273. The summed E-state index contributed by atoms with van der Waals surface area (Å²) in [4.78, 5) is 15.8. The summed E-state index contributed by atoms with van der Waals surface area (Å²) in [6.07, 6.45) is 2.47. The third kappa shape index (κ3) is 2.03. The van der Waals surface area contributed by atoms with E-state index in [0.717, 1.165) is 17.8 Å². The van der Waals surface area contributed by atoms with E-state index in [1.807, 2.05) is 6.92 Å². The number of nitrogen functional groups attached to an aromatic ring is 1. The summed E-state index contributed by atoms with van der Waals surface area (Å²) in [6.45, 7) is 2.56. The topological polar surface area (TPSA) is 85.4 Å². The summed E-state index contributed by atoms with van der Waals surface area (Å²) in [5.41, 5.74) is 6.06. The largest absolute Gasteiger partial charge is 0.493 e. The van der Waals surface area contributed by atoms with E-state index in [1.54, 1.807) is 12.3 Å². The first kappa shape index (κ1) is 11.7. The summed E-state index contributed by atoms with van der Waals surface area (Å²) >= 11 is 1.06. The summed E-state index contributed by atoms with van der Waals surface area (Å²) < 4.78 is 5.54. The lowest BCUT2D eigenvalue weighted by Crippen LogP contribution is -1.99. The van der Waals surface area contributed by atoms with E-state index in [2.05, 4.69) is 4.98 Å². The molecule has 90 valence electrons. The van der Waals surface area contributed by atoms with Crippen molar-refractivity contribution in [2.45, 2.75) is 13.3 Å². The van der Waals surface area contributed by atoms with Gasteiger partial charge in [0, 0.05) is 6.20 Å². The van der Waals surface area contributed by atoms with Crippen molar-refractivity contribution in [1.29, 1.82) is 0 Å². The highest BCUT2D eigenvalue weighted by atomic mass is 32.1. The molecule has 2 rings (SSSR count). The number of carboxylic acids is 1. The van der Waals surface area contributed by atoms with Crippen LogP contribution in [-0.4, -0.2) is 22.7 Å². The van der Waals surface area contributed by atoms with Gasteiger partial charge < -0.3 is 15.6 Å². The van der Waals surface area contributed by atoms with Gasteiger partial charge in [-0.3, -0.25) is 0 Å². The lowest BCUT2D eigenvalue weighted by atomic mass is 10.2. The normalized spacial score (nSPS) is 10.6. The molecule has 0 aliphatic carbocycles. The van der Waals surface area contributed by atoms with Gasteiger partial charge in [-0.1, -0.05) is 6.92 Å². The molecule has 6 heteroatoms. The number of carboxylic acid groups (broad SMARTS) is 1. The summed E-state index contributed by atoms with van der Waals surface area (Å²) in [7, 11) is 0. The van der Waals surface area contributed by atoms with Gasteiger partial charge in [0.05, 0.1) is 17.7 Å². The molecule has 0 saturated heterocycles. The maximum absolute atomic E-state index is 11.0. The van der Waals surface area contributed by atoms with Gasteiger partial charge in [0.15, 0.2) is 0 Å². The standard InChI is InChI=1S/C11H12N2O3S/c1-2-5-16-6-3-4-13-10-7(6)8(12)9(17-10)11(14)15/h3-4H,2,5,12H2,1H3,(H,14,15). The molecule has 0 radical (unpaired) electrons. The minimum Gasteiger partial charge on any atom is -0.493 e. The molecule has 0 spiro atoms. The maximum Gasteiger partial charge on any atom is 0.348 e. The Kier molecular flexibility index (Phi) is 3.14. The van der Waals surface area contributed by atoms with E-state index in [4.69, 9.17) is 15.6 Å². The van der Waals surface area contributed by atoms with Crippen LogP contribution in [0.3, 0.4) is 0 Å². The van der Waals surface area contributed by atoms with Crippen molar-refractivity contribution in [3.05, 3.63) is 17.1 Å². The average molecular weight is 252 g/mol. The fourth-order valence-corrected chi connectivity index (χ4v) is 2.43. The Morgan fingerprint density at radius 1 is 1.65 bits per heavy atom. The van der Waals surface area contributed by atoms with Crippen LogP contribution in [0.1, 0.15) is 23.0 Å². The number of fused-ring (bicyclic) bond motifs is 1. The molecule has 0 atom stereocenters. The Hall–Kier alpha value is -1.82. The smallest absolute Gasteiger partial charge is 0.348 e. The van der Waals surface area contributed by atoms with Crippen LogP contribution in [0, 0.1) is 0 Å². The zero-order valence-corrected chi connectivity index (χ0v) is 10.1. The predicted octanol–water partition coefficient (Wildman–Crippen LogP) is 2.37. The molecule has 5 nitrogen and oxygen atoms in total. The first-order chi connectivity index (χ1) is 8.15. The zero-order chi connectivity index (χ0) is 12.4. The minimum absolute atomic E-state index is 0.111. The lowest BCUT2D eigenvalue weighted by molar-refractivity contribution is 0.0703. The maximum atomic E-state index is 11.0. The number of hydrogen-bond acceptors (Lipinski definition) is 5. The number of nitrogens with zero attached hydrogens (tertiary/aromatic N) is 1. The SMILES string of the molecule is CCCOc1ccnc2sc(C(=O)O)c(N)c12. The summed E-state index contributed by atoms with van der Waals surface area (Å²) in [5.74, 6) is -0.440. The van der Waals surface area contributed by atoms with Gasteiger partial charge in [0.25, 0.3) is 0 Å². The zero-order valence-electron chi connectivity index (χ0n) is 9.27. The van der Waals surface area contributed by atoms with Crippen LogP contribution in [0.25, 0.3) is 10.2 Å². The first-order valence-corrected chi connectivity index (χ1v) is 5.99. The van der Waals surface area contributed by atoms with Gasteiger partial charge in [-0.15, -0.1) is 11.3 Å². The van der Waals surface area contributed by atoms with Crippen molar-refractivity contribution in [3.63, 3.8) is 0 Å². The van der Waals surface area contributed by atoms with Crippen LogP contribution in [0.5, 0.6) is 5.75 Å². The Labute approximate surface area is 102 Å². The Morgan fingerprint density at radius 3 is 3.06 bits per heavy atom. The number of pyridine rings is 1. The number of carbonyl (C=O) groups is 1. The molecule has 0 saturated carbocycles. The van der Waals surface area contributed by atoms with Crippen LogP contribution in [0.2, 0.25) is 0 Å². The quantitative estimate of drug-likeness (QED) is 0.872. The Bertz CT molecular complexity index is 565. The molecular weight excluding hydrogens is 240 g/mol. The van der Waals surface area contributed by atoms with Crippen LogP contribution >= 0.6 is 11.3 Å². The highest BCUT2D eigenvalue weighted by Gasteiger charge is 2.19. The average Bonchev–Trinajstić information content (AvgIpc) is 2.65. The van der Waals surface area contributed by atoms with Gasteiger partial charge in [-0.25, -0.2) is 9.78 Å². The molecule has 2 aromatic heterocycles. The molecule has 0 unspecified atom stereocenters. The second-order valence-electron chi connectivity index (χ2n) is 3.49. The fourth-order valence-electron chi connectivity index (χ4n) is 1.51. The lowest BCUT2D eigenvalue weighted by Gasteiger charge is -2.05. The number of nitrogens with two attached hydrogens (primary N) is 1. The van der Waals surface area contributed by atoms with Gasteiger partial charge in [-0.05, 0) is 12.5 Å². The van der Waals surface area contributed by atoms with Gasteiger partial charge in [0.1, 0.15) is 15.5 Å². The Morgan fingerprint density at radius 2 is 2.41 bits per heavy atom. The van der Waals surface area contributed by atoms with Crippen molar-refractivity contribution in [1.82, 2.24) is 4.98 Å². The second-order valence-corrected chi connectivity index (χ2v) is 4.49. The number of anilines is 1. The van der Waals surface area contributed by atoms with E-state index < -0.39 is 5.97 Å². The van der Waals surface area contributed by atoms with Crippen LogP contribution in [0.4, 0.5) is 5.69 Å². The van der Waals surface area contributed by atoms with Gasteiger partial charge in [0.2, 0.25) is 0 Å². The molecule has 2 aromatic rings. The van der Waals surface area contributed by atoms with Crippen LogP contribution < -0.4 is 10.5 Å². The molecule has 2 heterocycles. The third-order valence-electron chi connectivity index (χ3n) is 2.25. The monoisotopic (exact) mass is 252 g/mol. The van der Waals surface area contributed by atoms with E-state index >= 15 is 0 Å². The Balaban J connectivity index is 2.58. The van der Waals surface area contributed by atoms with Gasteiger partial charge in [-0.2, -0.15) is 0 Å². The molecule has 0 aliphatic rings. The third-order valence-corrected chi connectivity index (χ3v) is 3.35. The summed E-state index contributed by atoms with van der Waals surface area (Å²) in [6, 6.07) is 1.70. The number of aromatic nitrogens is 1. The van der Waals surface area contributed by atoms with Crippen molar-refractivity contribution >= 4 is 33.2 Å². The van der Waals surface area contributed by atoms with Gasteiger partial charge >= 0.3 is 5.97 Å². The molecule has 0 aromatic carbocycles. The number of aromatic carboxylic acids is 1. The first-order valence-electron chi connectivity index (χ1n) is 5.18. The highest BCUT2D eigenvalue weighted by Crippen LogP contribution is 2.38. The number of rotatable bonds is 4. The molecular formula is C11H12N2O3S. The van der Waals surface area contributed by atoms with Crippen molar-refractivity contribution in [2.24, 2.45) is 0 Å². The minimum atomic E-state index is -1.04. The number of hydrogen-bond donors (Lipinski definition) is 2. The number of ether oxygens (including phenoxy) is 1. The van der Waals surface area contributed by atoms with E-state index in [-0.39, 0.29) is 10.6 Å². The molecule has 0 amide bonds. The molecule has 3 N–H and O–H groups in total. The second kappa shape index (κ2) is 4.58. The highest BCUT2D eigenvalue weighted by molar-refractivity contribution is 7.21. The van der Waals surface area contributed by atoms with E-state index in [1.165, 1.54) is 0 Å². The molecule has 0 bridgehead atoms. The summed E-state index contributed by atoms with van der Waals surface area (Å²) in [5, 5.41) is 9.60. The van der Waals surface area contributed by atoms with E-state index in [0.29, 0.717) is 22.6 Å². The molecule has 17 heavy (non-hydrogen) atoms. The van der Waals surface area contributed by atoms with Crippen molar-refractivity contribution in [2.75, 3.05) is 12.3 Å². The molecule has 0 fully saturated rings. The predicted molar refractivity (Wildman–Crippen MR) is 66.8 cm³/mol. The van der Waals surface area contributed by atoms with Crippen molar-refractivity contribution in [3.8, 4) is 5.75 Å². The van der Waals surface area contributed by atoms with Crippen LogP contribution in [-0.2, 0) is 0 Å². The van der Waals surface area contributed by atoms with Crippen molar-refractivity contribution < 1.29 is 14.6 Å². The van der Waals surface area contributed by atoms with E-state index in [9.17, 15) is 4.79 Å². The molecule has 0 aliphatic heterocycles.